The van der Waals surface area contributed by atoms with Crippen LogP contribution < -0.4 is 24.4 Å². The zero-order chi connectivity index (χ0) is 22.6. The number of ether oxygens (including phenoxy) is 4. The number of amides is 1. The fourth-order valence-corrected chi connectivity index (χ4v) is 2.15. The number of nitrogens with one attached hydrogen (secondary N) is 1. The number of carbonyl (C=O) groups is 3. The van der Waals surface area contributed by atoms with Crippen molar-refractivity contribution in [3.05, 3.63) is 48.0 Å². The molecule has 2 aromatic rings. The molecule has 0 radical (unpaired) electrons. The monoisotopic (exact) mass is 432 g/mol. The average molecular weight is 432 g/mol. The van der Waals surface area contributed by atoms with E-state index in [2.05, 4.69) is 10.5 Å². The van der Waals surface area contributed by atoms with Crippen LogP contribution in [0.2, 0.25) is 0 Å². The van der Waals surface area contributed by atoms with Gasteiger partial charge in [0, 0.05) is 0 Å². The Morgan fingerprint density at radius 2 is 1.48 bits per heavy atom. The van der Waals surface area contributed by atoms with E-state index in [0.717, 1.165) is 0 Å². The summed E-state index contributed by atoms with van der Waals surface area (Å²) in [5, 5.41) is 21.3. The van der Waals surface area contributed by atoms with Gasteiger partial charge in [-0.05, 0) is 48.0 Å². The van der Waals surface area contributed by atoms with Crippen molar-refractivity contribution in [1.29, 1.82) is 0 Å². The Balaban J connectivity index is 1.93. The molecule has 1 amide bonds. The largest absolute Gasteiger partial charge is 0.497 e. The minimum atomic E-state index is -1.22. The summed E-state index contributed by atoms with van der Waals surface area (Å²) in [5.41, 5.74) is 2.73. The molecule has 0 aliphatic rings. The zero-order valence-electron chi connectivity index (χ0n) is 16.4. The van der Waals surface area contributed by atoms with Crippen LogP contribution in [-0.4, -0.2) is 61.2 Å². The molecular formula is C20H20N2O9. The van der Waals surface area contributed by atoms with Crippen molar-refractivity contribution in [3.63, 3.8) is 0 Å². The van der Waals surface area contributed by atoms with E-state index in [4.69, 9.17) is 29.2 Å². The number of rotatable bonds is 12. The van der Waals surface area contributed by atoms with Crippen molar-refractivity contribution in [3.8, 4) is 23.0 Å². The number of hydrogen-bond acceptors (Lipinski definition) is 8. The van der Waals surface area contributed by atoms with E-state index in [-0.39, 0.29) is 18.1 Å². The van der Waals surface area contributed by atoms with Crippen molar-refractivity contribution in [2.24, 2.45) is 5.10 Å². The summed E-state index contributed by atoms with van der Waals surface area (Å²) in [5.74, 6) is -1.71. The predicted octanol–water partition coefficient (Wildman–Crippen LogP) is 1.15. The second-order valence-electron chi connectivity index (χ2n) is 5.83. The molecule has 11 heteroatoms. The van der Waals surface area contributed by atoms with Crippen LogP contribution in [-0.2, 0) is 14.4 Å². The Hall–Kier alpha value is -4.28. The number of hydrogen-bond donors (Lipinski definition) is 3. The van der Waals surface area contributed by atoms with Crippen LogP contribution in [0.3, 0.4) is 0 Å². The molecule has 0 fully saturated rings. The van der Waals surface area contributed by atoms with E-state index in [1.165, 1.54) is 24.4 Å². The lowest BCUT2D eigenvalue weighted by Gasteiger charge is -2.11. The second kappa shape index (κ2) is 11.7. The van der Waals surface area contributed by atoms with Crippen LogP contribution in [0.25, 0.3) is 0 Å². The summed E-state index contributed by atoms with van der Waals surface area (Å²) in [6.45, 7) is -1.54. The van der Waals surface area contributed by atoms with Crippen molar-refractivity contribution in [1.82, 2.24) is 5.43 Å². The first kappa shape index (κ1) is 23.0. The van der Waals surface area contributed by atoms with Crippen LogP contribution >= 0.6 is 0 Å². The van der Waals surface area contributed by atoms with Gasteiger partial charge in [-0.3, -0.25) is 4.79 Å². The third-order valence-corrected chi connectivity index (χ3v) is 3.50. The van der Waals surface area contributed by atoms with Crippen molar-refractivity contribution >= 4 is 24.1 Å². The Morgan fingerprint density at radius 3 is 2.10 bits per heavy atom. The minimum absolute atomic E-state index is 0.0155. The predicted molar refractivity (Wildman–Crippen MR) is 107 cm³/mol. The van der Waals surface area contributed by atoms with E-state index in [1.807, 2.05) is 0 Å². The molecule has 0 aromatic heterocycles. The number of methoxy groups -OCH3 is 1. The summed E-state index contributed by atoms with van der Waals surface area (Å²) >= 11 is 0. The van der Waals surface area contributed by atoms with Gasteiger partial charge in [0.2, 0.25) is 0 Å². The van der Waals surface area contributed by atoms with Crippen LogP contribution in [0.4, 0.5) is 0 Å². The third kappa shape index (κ3) is 8.31. The Kier molecular flexibility index (Phi) is 8.65. The zero-order valence-corrected chi connectivity index (χ0v) is 16.4. The number of nitrogens with zero attached hydrogens (tertiary/aromatic N) is 1. The summed E-state index contributed by atoms with van der Waals surface area (Å²) < 4.78 is 20.5. The molecule has 31 heavy (non-hydrogen) atoms. The highest BCUT2D eigenvalue weighted by Gasteiger charge is 2.10. The van der Waals surface area contributed by atoms with Gasteiger partial charge >= 0.3 is 11.9 Å². The number of carbonyl (C=O) groups excluding carboxylic acids is 1. The van der Waals surface area contributed by atoms with Gasteiger partial charge in [-0.15, -0.1) is 0 Å². The van der Waals surface area contributed by atoms with E-state index >= 15 is 0 Å². The molecule has 0 heterocycles. The summed E-state index contributed by atoms with van der Waals surface area (Å²) in [4.78, 5) is 33.2. The average Bonchev–Trinajstić information content (AvgIpc) is 2.75. The lowest BCUT2D eigenvalue weighted by molar-refractivity contribution is -0.140. The lowest BCUT2D eigenvalue weighted by atomic mass is 10.2. The maximum absolute atomic E-state index is 11.8. The highest BCUT2D eigenvalue weighted by atomic mass is 16.5. The van der Waals surface area contributed by atoms with Gasteiger partial charge in [0.1, 0.15) is 11.5 Å². The smallest absolute Gasteiger partial charge is 0.341 e. The van der Waals surface area contributed by atoms with Gasteiger partial charge < -0.3 is 29.2 Å². The number of hydrazone groups is 1. The molecule has 0 bridgehead atoms. The number of carboxylic acid groups (broad SMARTS) is 2. The van der Waals surface area contributed by atoms with Gasteiger partial charge in [0.25, 0.3) is 5.91 Å². The molecular weight excluding hydrogens is 412 g/mol. The molecule has 0 unspecified atom stereocenters. The van der Waals surface area contributed by atoms with E-state index in [9.17, 15) is 14.4 Å². The molecule has 164 valence electrons. The molecule has 0 atom stereocenters. The standard InChI is InChI=1S/C20H20N2O9/c1-28-14-3-5-15(6-4-14)29-10-18(23)22-21-9-13-2-7-16(30-11-19(24)25)17(8-13)31-12-20(26)27/h2-9H,10-12H2,1H3,(H,22,23)(H,24,25)(H,26,27)/b21-9-. The molecule has 0 aliphatic heterocycles. The van der Waals surface area contributed by atoms with E-state index < -0.39 is 31.1 Å². The first-order valence-electron chi connectivity index (χ1n) is 8.79. The van der Waals surface area contributed by atoms with Crippen molar-refractivity contribution in [2.45, 2.75) is 0 Å². The third-order valence-electron chi connectivity index (χ3n) is 3.50. The number of carboxylic acids is 2. The van der Waals surface area contributed by atoms with E-state index in [1.54, 1.807) is 31.4 Å². The first-order chi connectivity index (χ1) is 14.9. The van der Waals surface area contributed by atoms with Crippen LogP contribution in [0.5, 0.6) is 23.0 Å². The summed E-state index contributed by atoms with van der Waals surface area (Å²) in [6, 6.07) is 11.0. The normalized spacial score (nSPS) is 10.4. The number of benzene rings is 2. The van der Waals surface area contributed by atoms with Gasteiger partial charge in [-0.1, -0.05) is 0 Å². The fraction of sp³-hybridized carbons (Fsp3) is 0.200. The van der Waals surface area contributed by atoms with E-state index in [0.29, 0.717) is 17.1 Å². The maximum atomic E-state index is 11.8. The van der Waals surface area contributed by atoms with Gasteiger partial charge in [-0.25, -0.2) is 15.0 Å². The maximum Gasteiger partial charge on any atom is 0.341 e. The van der Waals surface area contributed by atoms with Gasteiger partial charge in [-0.2, -0.15) is 5.10 Å². The number of aliphatic carboxylic acids is 2. The molecule has 0 spiro atoms. The van der Waals surface area contributed by atoms with Gasteiger partial charge in [0.05, 0.1) is 13.3 Å². The van der Waals surface area contributed by atoms with Crippen LogP contribution in [0.1, 0.15) is 5.56 Å². The SMILES string of the molecule is COc1ccc(OCC(=O)N/N=C\c2ccc(OCC(=O)O)c(OCC(=O)O)c2)cc1. The fourth-order valence-electron chi connectivity index (χ4n) is 2.15. The Labute approximate surface area is 176 Å². The topological polar surface area (TPSA) is 153 Å². The molecule has 2 aromatic carbocycles. The minimum Gasteiger partial charge on any atom is -0.497 e. The van der Waals surface area contributed by atoms with Crippen molar-refractivity contribution in [2.75, 3.05) is 26.9 Å². The highest BCUT2D eigenvalue weighted by Crippen LogP contribution is 2.28. The first-order valence-corrected chi connectivity index (χ1v) is 8.79. The van der Waals surface area contributed by atoms with Gasteiger partial charge in [0.15, 0.2) is 31.3 Å². The Morgan fingerprint density at radius 1 is 0.871 bits per heavy atom. The Bertz CT molecular complexity index is 942. The second-order valence-corrected chi connectivity index (χ2v) is 5.83. The molecule has 0 saturated carbocycles. The molecule has 0 aliphatic carbocycles. The van der Waals surface area contributed by atoms with Crippen molar-refractivity contribution < 1.29 is 43.5 Å². The molecule has 3 N–H and O–H groups in total. The molecule has 2 rings (SSSR count). The molecule has 11 nitrogen and oxygen atoms in total. The lowest BCUT2D eigenvalue weighted by Crippen LogP contribution is -2.24. The van der Waals surface area contributed by atoms with Crippen LogP contribution in [0, 0.1) is 0 Å². The highest BCUT2D eigenvalue weighted by molar-refractivity contribution is 5.83. The summed E-state index contributed by atoms with van der Waals surface area (Å²) in [6.07, 6.45) is 1.29. The molecule has 0 saturated heterocycles. The van der Waals surface area contributed by atoms with Crippen LogP contribution in [0.15, 0.2) is 47.6 Å². The quantitative estimate of drug-likeness (QED) is 0.331. The summed E-state index contributed by atoms with van der Waals surface area (Å²) in [7, 11) is 1.54.